The smallest absolute Gasteiger partial charge is 0.216 e. The third kappa shape index (κ3) is 4.74. The molecule has 1 aromatic heterocycles. The van der Waals surface area contributed by atoms with Crippen molar-refractivity contribution in [3.05, 3.63) is 64.4 Å². The maximum atomic E-state index is 11.9. The van der Waals surface area contributed by atoms with Gasteiger partial charge >= 0.3 is 0 Å². The van der Waals surface area contributed by atoms with E-state index in [9.17, 15) is 8.42 Å². The van der Waals surface area contributed by atoms with Gasteiger partial charge in [0.05, 0.1) is 5.75 Å². The molecule has 0 bridgehead atoms. The Bertz CT molecular complexity index is 627. The molecule has 0 aliphatic rings. The van der Waals surface area contributed by atoms with Crippen LogP contribution in [0.5, 0.6) is 0 Å². The highest BCUT2D eigenvalue weighted by Crippen LogP contribution is 2.12. The van der Waals surface area contributed by atoms with E-state index in [1.54, 1.807) is 36.7 Å². The summed E-state index contributed by atoms with van der Waals surface area (Å²) in [7, 11) is -3.33. The molecule has 2 rings (SSSR count). The fraction of sp³-hybridized carbons (Fsp3) is 0.154. The largest absolute Gasteiger partial charge is 0.265 e. The number of hydrogen-bond acceptors (Lipinski definition) is 3. The Hall–Kier alpha value is -1.24. The molecular formula is C13H13BrN2O2S. The Morgan fingerprint density at radius 2 is 1.63 bits per heavy atom. The predicted octanol–water partition coefficient (Wildman–Crippen LogP) is 2.46. The van der Waals surface area contributed by atoms with Crippen molar-refractivity contribution in [1.82, 2.24) is 9.71 Å². The summed E-state index contributed by atoms with van der Waals surface area (Å²) in [5.41, 5.74) is 1.64. The highest BCUT2D eigenvalue weighted by molar-refractivity contribution is 9.10. The number of pyridine rings is 1. The number of halogens is 1. The van der Waals surface area contributed by atoms with Crippen molar-refractivity contribution in [2.75, 3.05) is 0 Å². The molecule has 0 fully saturated rings. The average Bonchev–Trinajstić information content (AvgIpc) is 2.40. The highest BCUT2D eigenvalue weighted by Gasteiger charge is 2.11. The summed E-state index contributed by atoms with van der Waals surface area (Å²) in [6, 6.07) is 10.8. The fourth-order valence-corrected chi connectivity index (χ4v) is 2.93. The Labute approximate surface area is 121 Å². The van der Waals surface area contributed by atoms with Gasteiger partial charge in [-0.2, -0.15) is 0 Å². The van der Waals surface area contributed by atoms with Gasteiger partial charge < -0.3 is 0 Å². The molecule has 0 unspecified atom stereocenters. The van der Waals surface area contributed by atoms with Crippen LogP contribution in [-0.2, 0) is 22.3 Å². The summed E-state index contributed by atoms with van der Waals surface area (Å²) in [5, 5.41) is 0. The second-order valence-corrected chi connectivity index (χ2v) is 6.78. The number of rotatable bonds is 5. The second kappa shape index (κ2) is 6.27. The van der Waals surface area contributed by atoms with Gasteiger partial charge in [0.15, 0.2) is 0 Å². The molecule has 0 aliphatic heterocycles. The standard InChI is InChI=1S/C13H13BrN2O2S/c14-13-3-1-12(2-4-13)10-19(17,18)16-9-11-5-7-15-8-6-11/h1-8,16H,9-10H2. The van der Waals surface area contributed by atoms with Crippen LogP contribution in [0.1, 0.15) is 11.1 Å². The summed E-state index contributed by atoms with van der Waals surface area (Å²) in [6.45, 7) is 0.279. The van der Waals surface area contributed by atoms with Crippen LogP contribution in [0.4, 0.5) is 0 Å². The van der Waals surface area contributed by atoms with Crippen molar-refractivity contribution in [2.24, 2.45) is 0 Å². The lowest BCUT2D eigenvalue weighted by atomic mass is 10.2. The van der Waals surface area contributed by atoms with E-state index in [-0.39, 0.29) is 12.3 Å². The molecule has 1 aromatic carbocycles. The maximum Gasteiger partial charge on any atom is 0.216 e. The van der Waals surface area contributed by atoms with Gasteiger partial charge in [0.25, 0.3) is 0 Å². The van der Waals surface area contributed by atoms with Crippen LogP contribution in [0.15, 0.2) is 53.3 Å². The lowest BCUT2D eigenvalue weighted by molar-refractivity contribution is 0.580. The van der Waals surface area contributed by atoms with E-state index in [0.29, 0.717) is 0 Å². The van der Waals surface area contributed by atoms with Crippen LogP contribution in [0.25, 0.3) is 0 Å². The van der Waals surface area contributed by atoms with E-state index in [1.165, 1.54) is 0 Å². The van der Waals surface area contributed by atoms with Crippen molar-refractivity contribution < 1.29 is 8.42 Å². The van der Waals surface area contributed by atoms with Crippen LogP contribution in [0.2, 0.25) is 0 Å². The van der Waals surface area contributed by atoms with Crippen molar-refractivity contribution in [3.63, 3.8) is 0 Å². The van der Waals surface area contributed by atoms with Gasteiger partial charge in [-0.05, 0) is 35.4 Å². The lowest BCUT2D eigenvalue weighted by Gasteiger charge is -2.07. The number of nitrogens with one attached hydrogen (secondary N) is 1. The summed E-state index contributed by atoms with van der Waals surface area (Å²) in [6.07, 6.45) is 3.27. The zero-order valence-corrected chi connectivity index (χ0v) is 12.5. The first-order valence-electron chi connectivity index (χ1n) is 5.66. The van der Waals surface area contributed by atoms with E-state index in [2.05, 4.69) is 25.6 Å². The van der Waals surface area contributed by atoms with Gasteiger partial charge in [-0.15, -0.1) is 0 Å². The zero-order chi connectivity index (χ0) is 13.7. The van der Waals surface area contributed by atoms with E-state index in [0.717, 1.165) is 15.6 Å². The Morgan fingerprint density at radius 3 is 2.26 bits per heavy atom. The first kappa shape index (κ1) is 14.2. The molecule has 0 amide bonds. The summed E-state index contributed by atoms with van der Waals surface area (Å²) < 4.78 is 27.3. The molecule has 0 saturated carbocycles. The molecule has 0 radical (unpaired) electrons. The number of sulfonamides is 1. The molecule has 6 heteroatoms. The molecule has 19 heavy (non-hydrogen) atoms. The van der Waals surface area contributed by atoms with Gasteiger partial charge in [-0.1, -0.05) is 28.1 Å². The monoisotopic (exact) mass is 340 g/mol. The molecule has 1 N–H and O–H groups in total. The molecule has 0 saturated heterocycles. The first-order chi connectivity index (χ1) is 9.05. The Balaban J connectivity index is 1.97. The van der Waals surface area contributed by atoms with Gasteiger partial charge in [0.2, 0.25) is 10.0 Å². The van der Waals surface area contributed by atoms with Crippen molar-refractivity contribution >= 4 is 26.0 Å². The summed E-state index contributed by atoms with van der Waals surface area (Å²) >= 11 is 3.32. The molecule has 0 spiro atoms. The zero-order valence-electron chi connectivity index (χ0n) is 10.1. The summed E-state index contributed by atoms with van der Waals surface area (Å²) in [4.78, 5) is 3.88. The normalized spacial score (nSPS) is 11.4. The minimum Gasteiger partial charge on any atom is -0.265 e. The molecule has 0 atom stereocenters. The minimum atomic E-state index is -3.33. The third-order valence-electron chi connectivity index (χ3n) is 2.52. The number of hydrogen-bond donors (Lipinski definition) is 1. The van der Waals surface area contributed by atoms with Crippen LogP contribution in [0.3, 0.4) is 0 Å². The number of nitrogens with zero attached hydrogens (tertiary/aromatic N) is 1. The van der Waals surface area contributed by atoms with E-state index in [4.69, 9.17) is 0 Å². The topological polar surface area (TPSA) is 59.1 Å². The van der Waals surface area contributed by atoms with E-state index >= 15 is 0 Å². The fourth-order valence-electron chi connectivity index (χ4n) is 1.55. The van der Waals surface area contributed by atoms with E-state index in [1.807, 2.05) is 12.1 Å². The van der Waals surface area contributed by atoms with Gasteiger partial charge in [-0.25, -0.2) is 13.1 Å². The molecule has 4 nitrogen and oxygen atoms in total. The minimum absolute atomic E-state index is 0.0225. The lowest BCUT2D eigenvalue weighted by Crippen LogP contribution is -2.24. The van der Waals surface area contributed by atoms with Crippen LogP contribution >= 0.6 is 15.9 Å². The van der Waals surface area contributed by atoms with Crippen molar-refractivity contribution in [2.45, 2.75) is 12.3 Å². The summed E-state index contributed by atoms with van der Waals surface area (Å²) in [5.74, 6) is -0.0225. The van der Waals surface area contributed by atoms with Crippen LogP contribution in [0, 0.1) is 0 Å². The Morgan fingerprint density at radius 1 is 1.00 bits per heavy atom. The molecule has 0 aliphatic carbocycles. The highest BCUT2D eigenvalue weighted by atomic mass is 79.9. The van der Waals surface area contributed by atoms with Gasteiger partial charge in [-0.3, -0.25) is 4.98 Å². The van der Waals surface area contributed by atoms with Gasteiger partial charge in [0.1, 0.15) is 0 Å². The predicted molar refractivity (Wildman–Crippen MR) is 77.8 cm³/mol. The van der Waals surface area contributed by atoms with Crippen molar-refractivity contribution in [3.8, 4) is 0 Å². The van der Waals surface area contributed by atoms with Crippen molar-refractivity contribution in [1.29, 1.82) is 0 Å². The first-order valence-corrected chi connectivity index (χ1v) is 8.10. The van der Waals surface area contributed by atoms with Gasteiger partial charge in [0, 0.05) is 23.4 Å². The number of aromatic nitrogens is 1. The molecule has 100 valence electrons. The Kier molecular flexibility index (Phi) is 4.68. The molecule has 1 heterocycles. The quantitative estimate of drug-likeness (QED) is 0.909. The van der Waals surface area contributed by atoms with E-state index < -0.39 is 10.0 Å². The third-order valence-corrected chi connectivity index (χ3v) is 4.34. The van der Waals surface area contributed by atoms with Crippen LogP contribution in [-0.4, -0.2) is 13.4 Å². The average molecular weight is 341 g/mol. The maximum absolute atomic E-state index is 11.9. The number of benzene rings is 1. The van der Waals surface area contributed by atoms with Crippen LogP contribution < -0.4 is 4.72 Å². The second-order valence-electron chi connectivity index (χ2n) is 4.06. The molecule has 2 aromatic rings. The SMILES string of the molecule is O=S(=O)(Cc1ccc(Br)cc1)NCc1ccncc1. The molecular weight excluding hydrogens is 328 g/mol.